The van der Waals surface area contributed by atoms with Crippen LogP contribution >= 0.6 is 0 Å². The first-order valence-corrected chi connectivity index (χ1v) is 4.69. The quantitative estimate of drug-likeness (QED) is 0.720. The van der Waals surface area contributed by atoms with Gasteiger partial charge in [0, 0.05) is 5.69 Å². The molecule has 1 aromatic heterocycles. The van der Waals surface area contributed by atoms with Crippen LogP contribution in [0.1, 0.15) is 34.2 Å². The largest absolute Gasteiger partial charge is 0.418 e. The second kappa shape index (κ2) is 3.12. The number of fused-ring (bicyclic) bond motifs is 1. The third-order valence-corrected chi connectivity index (χ3v) is 2.73. The molecular formula is C10H10F3NO. The van der Waals surface area contributed by atoms with Crippen LogP contribution in [-0.4, -0.2) is 11.3 Å². The van der Waals surface area contributed by atoms with Gasteiger partial charge in [-0.25, -0.2) is 0 Å². The lowest BCUT2D eigenvalue weighted by atomic mass is 10.1. The zero-order valence-corrected chi connectivity index (χ0v) is 8.11. The Morgan fingerprint density at radius 2 is 2.07 bits per heavy atom. The molecule has 2 rings (SSSR count). The lowest BCUT2D eigenvalue weighted by Gasteiger charge is -2.08. The number of aromatic nitrogens is 1. The number of halogens is 3. The van der Waals surface area contributed by atoms with Crippen molar-refractivity contribution in [3.05, 3.63) is 22.5 Å². The number of hydrogen-bond acceptors (Lipinski definition) is 1. The molecule has 15 heavy (non-hydrogen) atoms. The highest BCUT2D eigenvalue weighted by Crippen LogP contribution is 2.40. The maximum Gasteiger partial charge on any atom is 0.418 e. The van der Waals surface area contributed by atoms with Gasteiger partial charge < -0.3 is 4.98 Å². The van der Waals surface area contributed by atoms with Gasteiger partial charge in [-0.2, -0.15) is 13.2 Å². The molecule has 0 saturated heterocycles. The van der Waals surface area contributed by atoms with Crippen LogP contribution in [0.4, 0.5) is 13.2 Å². The molecule has 1 aromatic rings. The number of carbonyl (C=O) groups excluding carboxylic acids is 1. The van der Waals surface area contributed by atoms with Crippen molar-refractivity contribution in [2.45, 2.75) is 25.9 Å². The second-order valence-electron chi connectivity index (χ2n) is 4.00. The van der Waals surface area contributed by atoms with Crippen molar-refractivity contribution in [2.24, 2.45) is 5.92 Å². The van der Waals surface area contributed by atoms with E-state index in [4.69, 9.17) is 0 Å². The minimum atomic E-state index is -4.44. The molecule has 0 spiro atoms. The summed E-state index contributed by atoms with van der Waals surface area (Å²) in [6.07, 6.45) is -3.21. The molecule has 1 N–H and O–H groups in total. The Bertz CT molecular complexity index is 406. The Kier molecular flexibility index (Phi) is 2.13. The highest BCUT2D eigenvalue weighted by molar-refractivity contribution is 5.77. The summed E-state index contributed by atoms with van der Waals surface area (Å²) in [6.45, 7) is 1.90. The highest BCUT2D eigenvalue weighted by Gasteiger charge is 2.40. The van der Waals surface area contributed by atoms with E-state index in [1.165, 1.54) is 0 Å². The number of hydrogen-bond donors (Lipinski definition) is 1. The molecule has 0 aromatic carbocycles. The topological polar surface area (TPSA) is 32.9 Å². The minimum absolute atomic E-state index is 0.216. The van der Waals surface area contributed by atoms with Gasteiger partial charge in [0.15, 0.2) is 6.29 Å². The molecule has 0 amide bonds. The van der Waals surface area contributed by atoms with E-state index < -0.39 is 11.7 Å². The smallest absolute Gasteiger partial charge is 0.355 e. The molecule has 1 aliphatic rings. The SMILES string of the molecule is CC1Cc2[nH]c(C=O)c(C(F)(F)F)c2C1. The van der Waals surface area contributed by atoms with Gasteiger partial charge >= 0.3 is 6.18 Å². The van der Waals surface area contributed by atoms with Gasteiger partial charge in [-0.15, -0.1) is 0 Å². The first-order valence-electron chi connectivity index (χ1n) is 4.69. The van der Waals surface area contributed by atoms with Crippen LogP contribution in [0.25, 0.3) is 0 Å². The summed E-state index contributed by atoms with van der Waals surface area (Å²) in [5.41, 5.74) is -0.259. The summed E-state index contributed by atoms with van der Waals surface area (Å²) in [6, 6.07) is 0. The van der Waals surface area contributed by atoms with E-state index >= 15 is 0 Å². The molecule has 0 radical (unpaired) electrons. The van der Waals surface area contributed by atoms with Crippen molar-refractivity contribution in [2.75, 3.05) is 0 Å². The second-order valence-corrected chi connectivity index (χ2v) is 4.00. The van der Waals surface area contributed by atoms with Gasteiger partial charge in [-0.1, -0.05) is 6.92 Å². The molecule has 1 atom stereocenters. The van der Waals surface area contributed by atoms with Gasteiger partial charge in [0.05, 0.1) is 11.3 Å². The van der Waals surface area contributed by atoms with Crippen molar-refractivity contribution in [3.8, 4) is 0 Å². The molecule has 2 nitrogen and oxygen atoms in total. The third kappa shape index (κ3) is 1.56. The van der Waals surface area contributed by atoms with Crippen LogP contribution in [0, 0.1) is 5.92 Å². The van der Waals surface area contributed by atoms with Crippen molar-refractivity contribution in [1.29, 1.82) is 0 Å². The van der Waals surface area contributed by atoms with Crippen molar-refractivity contribution in [1.82, 2.24) is 4.98 Å². The average molecular weight is 217 g/mol. The molecule has 82 valence electrons. The first kappa shape index (κ1) is 10.3. The van der Waals surface area contributed by atoms with E-state index in [1.54, 1.807) is 0 Å². The van der Waals surface area contributed by atoms with Crippen LogP contribution in [0.5, 0.6) is 0 Å². The Morgan fingerprint density at radius 1 is 1.40 bits per heavy atom. The summed E-state index contributed by atoms with van der Waals surface area (Å²) >= 11 is 0. The number of carbonyl (C=O) groups is 1. The van der Waals surface area contributed by atoms with E-state index in [2.05, 4.69) is 4.98 Å². The maximum atomic E-state index is 12.7. The monoisotopic (exact) mass is 217 g/mol. The summed E-state index contributed by atoms with van der Waals surface area (Å²) in [5, 5.41) is 0. The number of aromatic amines is 1. The normalized spacial score (nSPS) is 20.4. The highest BCUT2D eigenvalue weighted by atomic mass is 19.4. The predicted octanol–water partition coefficient (Wildman–Crippen LogP) is 2.58. The van der Waals surface area contributed by atoms with Crippen LogP contribution in [0.15, 0.2) is 0 Å². The summed E-state index contributed by atoms with van der Waals surface area (Å²) in [5.74, 6) is 0.216. The lowest BCUT2D eigenvalue weighted by molar-refractivity contribution is -0.138. The van der Waals surface area contributed by atoms with Gasteiger partial charge in [-0.05, 0) is 24.3 Å². The molecule has 0 bridgehead atoms. The molecule has 5 heteroatoms. The standard InChI is InChI=1S/C10H10F3NO/c1-5-2-6-7(3-5)14-8(4-15)9(6)10(11,12)13/h4-5,14H,2-3H2,1H3. The first-order chi connectivity index (χ1) is 6.93. The Hall–Kier alpha value is -1.26. The minimum Gasteiger partial charge on any atom is -0.355 e. The van der Waals surface area contributed by atoms with E-state index in [1.807, 2.05) is 6.92 Å². The van der Waals surface area contributed by atoms with Gasteiger partial charge in [-0.3, -0.25) is 4.79 Å². The fraction of sp³-hybridized carbons (Fsp3) is 0.500. The van der Waals surface area contributed by atoms with E-state index in [-0.39, 0.29) is 23.5 Å². The molecule has 1 aliphatic carbocycles. The summed E-state index contributed by atoms with van der Waals surface area (Å²) in [4.78, 5) is 13.1. The van der Waals surface area contributed by atoms with Gasteiger partial charge in [0.25, 0.3) is 0 Å². The maximum absolute atomic E-state index is 12.7. The number of nitrogens with one attached hydrogen (secondary N) is 1. The van der Waals surface area contributed by atoms with Crippen LogP contribution in [0.2, 0.25) is 0 Å². The number of aldehydes is 1. The molecule has 0 aliphatic heterocycles. The van der Waals surface area contributed by atoms with E-state index in [0.717, 1.165) is 0 Å². The molecule has 0 fully saturated rings. The van der Waals surface area contributed by atoms with Crippen LogP contribution in [-0.2, 0) is 19.0 Å². The van der Waals surface area contributed by atoms with Gasteiger partial charge in [0.2, 0.25) is 0 Å². The van der Waals surface area contributed by atoms with Crippen LogP contribution in [0.3, 0.4) is 0 Å². The molecule has 1 unspecified atom stereocenters. The van der Waals surface area contributed by atoms with Crippen molar-refractivity contribution < 1.29 is 18.0 Å². The molecule has 1 heterocycles. The third-order valence-electron chi connectivity index (χ3n) is 2.73. The fourth-order valence-electron chi connectivity index (χ4n) is 2.19. The van der Waals surface area contributed by atoms with E-state index in [9.17, 15) is 18.0 Å². The van der Waals surface area contributed by atoms with Gasteiger partial charge in [0.1, 0.15) is 0 Å². The van der Waals surface area contributed by atoms with Crippen molar-refractivity contribution in [3.63, 3.8) is 0 Å². The predicted molar refractivity (Wildman–Crippen MR) is 47.8 cm³/mol. The summed E-state index contributed by atoms with van der Waals surface area (Å²) in [7, 11) is 0. The Balaban J connectivity index is 2.57. The molecular weight excluding hydrogens is 207 g/mol. The number of rotatable bonds is 1. The average Bonchev–Trinajstić information content (AvgIpc) is 2.56. The zero-order chi connectivity index (χ0) is 11.2. The number of H-pyrrole nitrogens is 1. The summed E-state index contributed by atoms with van der Waals surface area (Å²) < 4.78 is 38.0. The fourth-order valence-corrected chi connectivity index (χ4v) is 2.19. The molecule has 0 saturated carbocycles. The van der Waals surface area contributed by atoms with E-state index in [0.29, 0.717) is 18.5 Å². The Morgan fingerprint density at radius 3 is 2.60 bits per heavy atom. The Labute approximate surface area is 84.5 Å². The van der Waals surface area contributed by atoms with Crippen LogP contribution < -0.4 is 0 Å². The zero-order valence-electron chi connectivity index (χ0n) is 8.11. The number of alkyl halides is 3. The van der Waals surface area contributed by atoms with Crippen molar-refractivity contribution >= 4 is 6.29 Å². The lowest BCUT2D eigenvalue weighted by Crippen LogP contribution is -2.10.